The van der Waals surface area contributed by atoms with Gasteiger partial charge in [-0.15, -0.1) is 6.58 Å². The Labute approximate surface area is 219 Å². The van der Waals surface area contributed by atoms with Crippen molar-refractivity contribution in [1.82, 2.24) is 23.8 Å². The fourth-order valence-corrected chi connectivity index (χ4v) is 6.79. The van der Waals surface area contributed by atoms with Crippen LogP contribution < -0.4 is 5.32 Å². The molecule has 3 atom stereocenters. The molecule has 3 fully saturated rings. The van der Waals surface area contributed by atoms with Gasteiger partial charge in [0.2, 0.25) is 11.8 Å². The van der Waals surface area contributed by atoms with Gasteiger partial charge in [0.1, 0.15) is 11.7 Å². The van der Waals surface area contributed by atoms with Gasteiger partial charge in [0.15, 0.2) is 0 Å². The van der Waals surface area contributed by atoms with Gasteiger partial charge in [-0.2, -0.15) is 35.5 Å². The highest BCUT2D eigenvalue weighted by atomic mass is 32.2. The van der Waals surface area contributed by atoms with E-state index in [4.69, 9.17) is 5.26 Å². The number of alkyl halides is 3. The van der Waals surface area contributed by atoms with Crippen molar-refractivity contribution in [2.75, 3.05) is 32.7 Å². The molecule has 2 amide bonds. The highest BCUT2D eigenvalue weighted by Gasteiger charge is 2.45. The summed E-state index contributed by atoms with van der Waals surface area (Å²) in [6.45, 7) is 4.52. The number of likely N-dealkylation sites (tertiary alicyclic amines) is 1. The zero-order chi connectivity index (χ0) is 27.7. The standard InChI is InChI=1S/C24H29F3N6O4S/c1-2-16-8-20(22(34)30-11-17-5-6-21(29-10-17)24(25,26)27)33(14-16)23(35)19-4-3-7-31(15-19)38(36,37)32-12-18(9-28)13-32/h2,5-6,10,16,18-20H,1,3-4,7-8,11-15H2,(H,30,34)/t16-,19+,20-/m1/s1. The highest BCUT2D eigenvalue weighted by Crippen LogP contribution is 2.31. The zero-order valence-corrected chi connectivity index (χ0v) is 21.4. The van der Waals surface area contributed by atoms with Crippen LogP contribution in [0.5, 0.6) is 0 Å². The minimum absolute atomic E-state index is 0.00426. The van der Waals surface area contributed by atoms with Crippen molar-refractivity contribution in [3.8, 4) is 6.07 Å². The first kappa shape index (κ1) is 28.0. The smallest absolute Gasteiger partial charge is 0.350 e. The predicted molar refractivity (Wildman–Crippen MR) is 129 cm³/mol. The average Bonchev–Trinajstić information content (AvgIpc) is 3.30. The second-order valence-electron chi connectivity index (χ2n) is 9.85. The van der Waals surface area contributed by atoms with E-state index in [1.165, 1.54) is 19.6 Å². The lowest BCUT2D eigenvalue weighted by Crippen LogP contribution is -2.57. The van der Waals surface area contributed by atoms with Crippen molar-refractivity contribution in [2.45, 2.75) is 38.0 Å². The van der Waals surface area contributed by atoms with Gasteiger partial charge in [-0.1, -0.05) is 12.1 Å². The largest absolute Gasteiger partial charge is 0.433 e. The molecule has 1 aromatic rings. The Kier molecular flexibility index (Phi) is 8.10. The van der Waals surface area contributed by atoms with Gasteiger partial charge in [0.05, 0.1) is 17.9 Å². The number of piperidine rings is 1. The zero-order valence-electron chi connectivity index (χ0n) is 20.6. The Morgan fingerprint density at radius 3 is 2.55 bits per heavy atom. The predicted octanol–water partition coefficient (Wildman–Crippen LogP) is 1.53. The van der Waals surface area contributed by atoms with E-state index in [2.05, 4.69) is 16.9 Å². The van der Waals surface area contributed by atoms with Crippen molar-refractivity contribution in [3.05, 3.63) is 42.2 Å². The lowest BCUT2D eigenvalue weighted by molar-refractivity contribution is -0.142. The van der Waals surface area contributed by atoms with E-state index in [1.807, 2.05) is 6.07 Å². The number of hydrogen-bond donors (Lipinski definition) is 1. The third-order valence-electron chi connectivity index (χ3n) is 7.25. The number of aromatic nitrogens is 1. The molecule has 0 aliphatic carbocycles. The lowest BCUT2D eigenvalue weighted by atomic mass is 9.97. The number of rotatable bonds is 7. The van der Waals surface area contributed by atoms with Crippen molar-refractivity contribution < 1.29 is 31.2 Å². The summed E-state index contributed by atoms with van der Waals surface area (Å²) >= 11 is 0. The number of nitrogens with zero attached hydrogens (tertiary/aromatic N) is 5. The van der Waals surface area contributed by atoms with E-state index < -0.39 is 39.9 Å². The SMILES string of the molecule is C=C[C@@H]1C[C@H](C(=O)NCc2ccc(C(F)(F)F)nc2)N(C(=O)[C@H]2CCCN(S(=O)(=O)N3CC(C#N)C3)C2)C1. The maximum absolute atomic E-state index is 13.5. The van der Waals surface area contributed by atoms with Gasteiger partial charge in [0, 0.05) is 45.5 Å². The van der Waals surface area contributed by atoms with Crippen LogP contribution in [0.4, 0.5) is 13.2 Å². The number of nitriles is 1. The summed E-state index contributed by atoms with van der Waals surface area (Å²) in [5, 5.41) is 11.6. The first-order valence-electron chi connectivity index (χ1n) is 12.3. The number of amides is 2. The molecule has 4 rings (SSSR count). The van der Waals surface area contributed by atoms with Crippen molar-refractivity contribution in [1.29, 1.82) is 5.26 Å². The van der Waals surface area contributed by atoms with Crippen molar-refractivity contribution in [3.63, 3.8) is 0 Å². The van der Waals surface area contributed by atoms with Gasteiger partial charge < -0.3 is 10.2 Å². The van der Waals surface area contributed by atoms with Crippen molar-refractivity contribution in [2.24, 2.45) is 17.8 Å². The topological polar surface area (TPSA) is 127 Å². The third kappa shape index (κ3) is 5.84. The fraction of sp³-hybridized carbons (Fsp3) is 0.583. The van der Waals surface area contributed by atoms with Gasteiger partial charge in [-0.25, -0.2) is 0 Å². The van der Waals surface area contributed by atoms with E-state index in [-0.39, 0.29) is 57.0 Å². The minimum Gasteiger partial charge on any atom is -0.350 e. The molecular weight excluding hydrogens is 525 g/mol. The maximum atomic E-state index is 13.5. The highest BCUT2D eigenvalue weighted by molar-refractivity contribution is 7.86. The second-order valence-corrected chi connectivity index (χ2v) is 11.8. The minimum atomic E-state index is -4.56. The van der Waals surface area contributed by atoms with E-state index in [0.29, 0.717) is 24.8 Å². The molecule has 0 saturated carbocycles. The molecule has 0 spiro atoms. The lowest BCUT2D eigenvalue weighted by Gasteiger charge is -2.41. The van der Waals surface area contributed by atoms with E-state index in [0.717, 1.165) is 12.3 Å². The Bertz CT molecular complexity index is 1210. The van der Waals surface area contributed by atoms with E-state index >= 15 is 0 Å². The molecule has 3 aliphatic rings. The molecule has 4 heterocycles. The molecular formula is C24H29F3N6O4S. The quantitative estimate of drug-likeness (QED) is 0.510. The summed E-state index contributed by atoms with van der Waals surface area (Å²) in [4.78, 5) is 31.4. The van der Waals surface area contributed by atoms with Gasteiger partial charge >= 0.3 is 6.18 Å². The van der Waals surface area contributed by atoms with Crippen LogP contribution in [-0.4, -0.2) is 77.5 Å². The number of pyridine rings is 1. The van der Waals surface area contributed by atoms with Crippen LogP contribution >= 0.6 is 0 Å². The summed E-state index contributed by atoms with van der Waals surface area (Å²) in [7, 11) is -3.78. The van der Waals surface area contributed by atoms with E-state index in [1.54, 1.807) is 6.08 Å². The summed E-state index contributed by atoms with van der Waals surface area (Å²) in [5.41, 5.74) is -0.656. The Morgan fingerprint density at radius 2 is 1.95 bits per heavy atom. The molecule has 0 unspecified atom stereocenters. The molecule has 3 saturated heterocycles. The Balaban J connectivity index is 1.40. The fourth-order valence-electron chi connectivity index (χ4n) is 4.99. The number of carbonyl (C=O) groups is 2. The van der Waals surface area contributed by atoms with Gasteiger partial charge in [-0.3, -0.25) is 14.6 Å². The first-order chi connectivity index (χ1) is 17.9. The Morgan fingerprint density at radius 1 is 1.21 bits per heavy atom. The van der Waals surface area contributed by atoms with Crippen molar-refractivity contribution >= 4 is 22.0 Å². The van der Waals surface area contributed by atoms with Crippen LogP contribution in [0, 0.1) is 29.1 Å². The third-order valence-corrected chi connectivity index (χ3v) is 9.19. The summed E-state index contributed by atoms with van der Waals surface area (Å²) in [5.74, 6) is -1.85. The molecule has 3 aliphatic heterocycles. The molecule has 206 valence electrons. The summed E-state index contributed by atoms with van der Waals surface area (Å²) in [6, 6.07) is 3.30. The molecule has 1 aromatic heterocycles. The molecule has 0 radical (unpaired) electrons. The molecule has 1 N–H and O–H groups in total. The molecule has 14 heteroatoms. The van der Waals surface area contributed by atoms with Gasteiger partial charge in [-0.05, 0) is 36.8 Å². The van der Waals surface area contributed by atoms with Crippen LogP contribution in [0.15, 0.2) is 31.0 Å². The monoisotopic (exact) mass is 554 g/mol. The molecule has 0 bridgehead atoms. The number of hydrogen-bond acceptors (Lipinski definition) is 6. The van der Waals surface area contributed by atoms with Crippen LogP contribution in [-0.2, 0) is 32.5 Å². The first-order valence-corrected chi connectivity index (χ1v) is 13.7. The molecule has 38 heavy (non-hydrogen) atoms. The van der Waals surface area contributed by atoms with Crippen LogP contribution in [0.3, 0.4) is 0 Å². The second kappa shape index (κ2) is 11.0. The van der Waals surface area contributed by atoms with E-state index in [9.17, 15) is 31.2 Å². The Hall–Kier alpha value is -3.02. The maximum Gasteiger partial charge on any atom is 0.433 e. The average molecular weight is 555 g/mol. The molecule has 10 nitrogen and oxygen atoms in total. The summed E-state index contributed by atoms with van der Waals surface area (Å²) < 4.78 is 66.6. The normalized spacial score (nSPS) is 25.4. The van der Waals surface area contributed by atoms with Crippen LogP contribution in [0.2, 0.25) is 0 Å². The number of nitrogens with one attached hydrogen (secondary N) is 1. The van der Waals surface area contributed by atoms with Crippen LogP contribution in [0.1, 0.15) is 30.5 Å². The number of carbonyl (C=O) groups excluding carboxylic acids is 2. The summed E-state index contributed by atoms with van der Waals surface area (Å²) in [6.07, 6.45) is -0.547. The van der Waals surface area contributed by atoms with Crippen LogP contribution in [0.25, 0.3) is 0 Å². The number of halogens is 3. The van der Waals surface area contributed by atoms with Gasteiger partial charge in [0.25, 0.3) is 10.2 Å². The molecule has 0 aromatic carbocycles.